The van der Waals surface area contributed by atoms with E-state index in [1.165, 1.54) is 15.9 Å². The lowest BCUT2D eigenvalue weighted by atomic mass is 9.82. The SMILES string of the molecule is [2H]c1c([2H])c([2H])c(-c2cc(-c3cccc(-c4c([2H])c([2H])c([2H])c([2H])c4[2H])c3N3CN(c4cccc(Oc5ccc6c(c5)N(c5cc(C(C)(C)C)ccn5)c5ccccc5[Si]6(C)C)c4)c4ccccc43)cc(C(C)(C)C)c2)c([2H])c1[2H]. The van der Waals surface area contributed by atoms with Gasteiger partial charge in [0.1, 0.15) is 32.1 Å². The first-order valence-electron chi connectivity index (χ1n) is 28.7. The summed E-state index contributed by atoms with van der Waals surface area (Å²) in [6, 6.07) is 42.1. The Hall–Kier alpha value is -7.67. The van der Waals surface area contributed by atoms with Crippen LogP contribution in [-0.2, 0) is 10.8 Å². The third kappa shape index (κ3) is 8.16. The minimum Gasteiger partial charge on any atom is -0.457 e. The van der Waals surface area contributed by atoms with Crippen LogP contribution < -0.4 is 29.8 Å². The highest BCUT2D eigenvalue weighted by Gasteiger charge is 2.39. The van der Waals surface area contributed by atoms with E-state index in [1.54, 1.807) is 12.1 Å². The Morgan fingerprint density at radius 2 is 1.10 bits per heavy atom. The molecule has 0 unspecified atom stereocenters. The number of hydrogen-bond donors (Lipinski definition) is 0. The molecule has 70 heavy (non-hydrogen) atoms. The van der Waals surface area contributed by atoms with Gasteiger partial charge in [0, 0.05) is 40.8 Å². The van der Waals surface area contributed by atoms with Gasteiger partial charge in [0.05, 0.1) is 36.5 Å². The molecule has 346 valence electrons. The minimum atomic E-state index is -2.19. The van der Waals surface area contributed by atoms with Crippen LogP contribution in [0.2, 0.25) is 13.1 Å². The number of fused-ring (bicyclic) bond motifs is 3. The van der Waals surface area contributed by atoms with Crippen molar-refractivity contribution < 1.29 is 18.4 Å². The Bertz CT molecular complexity index is 3960. The summed E-state index contributed by atoms with van der Waals surface area (Å²) in [4.78, 5) is 11.5. The van der Waals surface area contributed by atoms with Gasteiger partial charge in [-0.25, -0.2) is 4.98 Å². The predicted molar refractivity (Wildman–Crippen MR) is 298 cm³/mol. The first-order chi connectivity index (χ1) is 37.9. The van der Waals surface area contributed by atoms with E-state index in [0.29, 0.717) is 39.4 Å². The van der Waals surface area contributed by atoms with E-state index in [1.807, 2.05) is 106 Å². The molecule has 0 fully saturated rings. The lowest BCUT2D eigenvalue weighted by molar-refractivity contribution is 0.483. The smallest absolute Gasteiger partial charge is 0.137 e. The Balaban J connectivity index is 1.05. The van der Waals surface area contributed by atoms with E-state index in [9.17, 15) is 2.74 Å². The fourth-order valence-corrected chi connectivity index (χ4v) is 12.9. The van der Waals surface area contributed by atoms with Gasteiger partial charge in [0.2, 0.25) is 0 Å². The number of rotatable bonds is 8. The van der Waals surface area contributed by atoms with Crippen LogP contribution in [0.1, 0.15) is 66.4 Å². The molecule has 0 aliphatic carbocycles. The van der Waals surface area contributed by atoms with Gasteiger partial charge in [-0.1, -0.05) is 188 Å². The zero-order valence-electron chi connectivity index (χ0n) is 50.8. The molecule has 1 aromatic heterocycles. The van der Waals surface area contributed by atoms with Crippen molar-refractivity contribution >= 4 is 58.4 Å². The van der Waals surface area contributed by atoms with Crippen LogP contribution in [0.5, 0.6) is 11.5 Å². The van der Waals surface area contributed by atoms with Crippen molar-refractivity contribution in [2.45, 2.75) is 65.5 Å². The van der Waals surface area contributed by atoms with Crippen molar-refractivity contribution in [3.05, 3.63) is 217 Å². The van der Waals surface area contributed by atoms with Crippen LogP contribution in [0.25, 0.3) is 33.4 Å². The molecule has 2 aliphatic heterocycles. The second kappa shape index (κ2) is 17.4. The quantitative estimate of drug-likeness (QED) is 0.142. The fourth-order valence-electron chi connectivity index (χ4n) is 9.90. The second-order valence-corrected chi connectivity index (χ2v) is 25.0. The fraction of sp³-hybridized carbons (Fsp3) is 0.172. The summed E-state index contributed by atoms with van der Waals surface area (Å²) in [5.41, 5.74) is 8.67. The summed E-state index contributed by atoms with van der Waals surface area (Å²) >= 11 is 0. The largest absolute Gasteiger partial charge is 0.457 e. The van der Waals surface area contributed by atoms with E-state index in [-0.39, 0.29) is 47.4 Å². The molecule has 9 aromatic rings. The molecule has 0 radical (unpaired) electrons. The van der Waals surface area contributed by atoms with Crippen LogP contribution >= 0.6 is 0 Å². The van der Waals surface area contributed by atoms with Crippen LogP contribution in [0.4, 0.5) is 39.9 Å². The Labute approximate surface area is 429 Å². The third-order valence-electron chi connectivity index (χ3n) is 13.6. The number of para-hydroxylation sites is 4. The van der Waals surface area contributed by atoms with Crippen LogP contribution in [0, 0.1) is 0 Å². The highest BCUT2D eigenvalue weighted by Crippen LogP contribution is 2.51. The summed E-state index contributed by atoms with van der Waals surface area (Å²) in [7, 11) is -2.19. The second-order valence-electron chi connectivity index (χ2n) is 20.6. The zero-order valence-corrected chi connectivity index (χ0v) is 41.8. The van der Waals surface area contributed by atoms with E-state index in [4.69, 9.17) is 20.7 Å². The van der Waals surface area contributed by atoms with E-state index >= 15 is 0 Å². The number of anilines is 7. The number of nitrogens with zero attached hydrogens (tertiary/aromatic N) is 4. The van der Waals surface area contributed by atoms with Crippen molar-refractivity contribution in [3.8, 4) is 44.9 Å². The standard InChI is InChI=1S/C64H60N4OSi/c1-63(2,3)48-35-36-65-61(40-48)68-57-31-17-18-32-59(57)70(7,8)60-34-33-52(42-58(60)68)69-51-26-19-25-50(41-51)66-43-67(56-30-16-15-29-55(56)66)62-53(45-23-13-10-14-24-45)27-20-28-54(62)47-37-46(44-21-11-9-12-22-44)38-49(39-47)64(4,5)6/h9-42H,43H2,1-8H3/i9D,10D,11D,12D,13D,14D,21D,22D,23D,24D. The molecule has 5 nitrogen and oxygen atoms in total. The molecule has 0 atom stereocenters. The summed E-state index contributed by atoms with van der Waals surface area (Å²) in [5.74, 6) is 2.09. The molecule has 0 amide bonds. The lowest BCUT2D eigenvalue weighted by Gasteiger charge is -2.40. The molecule has 11 rings (SSSR count). The van der Waals surface area contributed by atoms with Gasteiger partial charge < -0.3 is 14.5 Å². The van der Waals surface area contributed by atoms with Crippen molar-refractivity contribution in [3.63, 3.8) is 0 Å². The van der Waals surface area contributed by atoms with Crippen LogP contribution in [-0.4, -0.2) is 19.7 Å². The molecule has 0 N–H and O–H groups in total. The Morgan fingerprint density at radius 1 is 0.500 bits per heavy atom. The number of hydrogen-bond acceptors (Lipinski definition) is 5. The van der Waals surface area contributed by atoms with Crippen LogP contribution in [0.3, 0.4) is 0 Å². The van der Waals surface area contributed by atoms with E-state index in [0.717, 1.165) is 39.8 Å². The van der Waals surface area contributed by atoms with Gasteiger partial charge >= 0.3 is 0 Å². The maximum atomic E-state index is 9.29. The zero-order chi connectivity index (χ0) is 57.1. The molecule has 0 spiro atoms. The first-order valence-corrected chi connectivity index (χ1v) is 26.7. The van der Waals surface area contributed by atoms with Crippen molar-refractivity contribution in [1.29, 1.82) is 0 Å². The number of pyridine rings is 1. The maximum absolute atomic E-state index is 9.29. The average Bonchev–Trinajstić information content (AvgIpc) is 4.00. The van der Waals surface area contributed by atoms with Crippen molar-refractivity contribution in [1.82, 2.24) is 4.98 Å². The summed E-state index contributed by atoms with van der Waals surface area (Å²) in [6.45, 7) is 17.7. The van der Waals surface area contributed by atoms with E-state index in [2.05, 4.69) is 97.1 Å². The molecule has 0 bridgehead atoms. The molecule has 0 saturated heterocycles. The van der Waals surface area contributed by atoms with Gasteiger partial charge in [-0.3, -0.25) is 4.90 Å². The first kappa shape index (κ1) is 34.6. The Kier molecular flexibility index (Phi) is 8.59. The third-order valence-corrected chi connectivity index (χ3v) is 17.2. The molecular weight excluding hydrogens is 869 g/mol. The van der Waals surface area contributed by atoms with Gasteiger partial charge in [0.15, 0.2) is 0 Å². The highest BCUT2D eigenvalue weighted by atomic mass is 28.3. The van der Waals surface area contributed by atoms with Crippen molar-refractivity contribution in [2.24, 2.45) is 0 Å². The molecule has 8 aromatic carbocycles. The number of ether oxygens (including phenoxy) is 1. The van der Waals surface area contributed by atoms with Gasteiger partial charge in [0.25, 0.3) is 0 Å². The lowest BCUT2D eigenvalue weighted by Crippen LogP contribution is -2.58. The van der Waals surface area contributed by atoms with Gasteiger partial charge in [-0.2, -0.15) is 0 Å². The number of aromatic nitrogens is 1. The monoisotopic (exact) mass is 939 g/mol. The maximum Gasteiger partial charge on any atom is 0.137 e. The van der Waals surface area contributed by atoms with E-state index < -0.39 is 49.7 Å². The molecular formula is C64H60N4OSi. The van der Waals surface area contributed by atoms with Crippen molar-refractivity contribution in [2.75, 3.05) is 21.4 Å². The topological polar surface area (TPSA) is 31.8 Å². The predicted octanol–water partition coefficient (Wildman–Crippen LogP) is 16.3. The molecule has 0 saturated carbocycles. The Morgan fingerprint density at radius 3 is 1.81 bits per heavy atom. The van der Waals surface area contributed by atoms with Gasteiger partial charge in [-0.15, -0.1) is 0 Å². The molecule has 6 heteroatoms. The molecule has 2 aliphatic rings. The molecule has 3 heterocycles. The highest BCUT2D eigenvalue weighted by molar-refractivity contribution is 7.02. The average molecular weight is 939 g/mol. The van der Waals surface area contributed by atoms with Gasteiger partial charge in [-0.05, 0) is 109 Å². The summed E-state index contributed by atoms with van der Waals surface area (Å²) < 4.78 is 95.1. The summed E-state index contributed by atoms with van der Waals surface area (Å²) in [5, 5.41) is 2.60. The summed E-state index contributed by atoms with van der Waals surface area (Å²) in [6.07, 6.45) is 1.89. The van der Waals surface area contributed by atoms with Crippen LogP contribution in [0.15, 0.2) is 206 Å². The normalized spacial score (nSPS) is 16.0. The minimum absolute atomic E-state index is 0.0212. The number of benzene rings is 8.